The molecule has 25 heavy (non-hydrogen) atoms. The van der Waals surface area contributed by atoms with Crippen LogP contribution in [-0.4, -0.2) is 33.7 Å². The standard InChI is InChI=1S/C18H21ClN2O3S/c1-25(23,24)21(17-10-6-5-9-16(17)19)14-12-18(22)20-13-11-15-7-3-2-4-8-15/h2-10H,11-14H2,1H3,(H,20,22). The molecule has 0 aliphatic rings. The molecule has 0 heterocycles. The zero-order valence-corrected chi connectivity index (χ0v) is 15.6. The van der Waals surface area contributed by atoms with E-state index in [-0.39, 0.29) is 18.9 Å². The van der Waals surface area contributed by atoms with Crippen molar-refractivity contribution in [2.24, 2.45) is 0 Å². The lowest BCUT2D eigenvalue weighted by Gasteiger charge is -2.23. The molecule has 5 nitrogen and oxygen atoms in total. The van der Waals surface area contributed by atoms with Gasteiger partial charge in [0.15, 0.2) is 0 Å². The van der Waals surface area contributed by atoms with E-state index in [2.05, 4.69) is 5.32 Å². The van der Waals surface area contributed by atoms with Crippen LogP contribution in [0.15, 0.2) is 54.6 Å². The number of carbonyl (C=O) groups is 1. The Balaban J connectivity index is 1.90. The van der Waals surface area contributed by atoms with E-state index in [0.717, 1.165) is 22.5 Å². The number of rotatable bonds is 8. The Morgan fingerprint density at radius 2 is 1.72 bits per heavy atom. The number of para-hydroxylation sites is 1. The van der Waals surface area contributed by atoms with Crippen molar-refractivity contribution in [2.75, 3.05) is 23.7 Å². The fourth-order valence-corrected chi connectivity index (χ4v) is 3.63. The number of carbonyl (C=O) groups excluding carboxylic acids is 1. The number of nitrogens with one attached hydrogen (secondary N) is 1. The summed E-state index contributed by atoms with van der Waals surface area (Å²) in [5, 5.41) is 3.14. The first-order chi connectivity index (χ1) is 11.9. The van der Waals surface area contributed by atoms with Gasteiger partial charge in [-0.15, -0.1) is 0 Å². The van der Waals surface area contributed by atoms with Gasteiger partial charge in [0.25, 0.3) is 0 Å². The van der Waals surface area contributed by atoms with Crippen LogP contribution in [0, 0.1) is 0 Å². The Bertz CT molecular complexity index is 810. The molecule has 0 radical (unpaired) electrons. The fraction of sp³-hybridized carbons (Fsp3) is 0.278. The van der Waals surface area contributed by atoms with Crippen LogP contribution in [0.2, 0.25) is 5.02 Å². The van der Waals surface area contributed by atoms with E-state index in [4.69, 9.17) is 11.6 Å². The van der Waals surface area contributed by atoms with Crippen molar-refractivity contribution in [3.63, 3.8) is 0 Å². The van der Waals surface area contributed by atoms with Crippen LogP contribution in [0.5, 0.6) is 0 Å². The number of anilines is 1. The van der Waals surface area contributed by atoms with Crippen molar-refractivity contribution in [3.8, 4) is 0 Å². The van der Waals surface area contributed by atoms with E-state index < -0.39 is 10.0 Å². The van der Waals surface area contributed by atoms with Crippen molar-refractivity contribution in [3.05, 3.63) is 65.2 Å². The predicted octanol–water partition coefficient (Wildman–Crippen LogP) is 2.86. The van der Waals surface area contributed by atoms with Gasteiger partial charge in [-0.3, -0.25) is 9.10 Å². The smallest absolute Gasteiger partial charge is 0.232 e. The SMILES string of the molecule is CS(=O)(=O)N(CCC(=O)NCCc1ccccc1)c1ccccc1Cl. The topological polar surface area (TPSA) is 66.5 Å². The van der Waals surface area contributed by atoms with Gasteiger partial charge in [0.05, 0.1) is 17.0 Å². The van der Waals surface area contributed by atoms with Gasteiger partial charge in [-0.1, -0.05) is 54.1 Å². The van der Waals surface area contributed by atoms with Crippen molar-refractivity contribution < 1.29 is 13.2 Å². The summed E-state index contributed by atoms with van der Waals surface area (Å²) in [6.07, 6.45) is 1.89. The van der Waals surface area contributed by atoms with Crippen LogP contribution < -0.4 is 9.62 Å². The molecule has 0 aromatic heterocycles. The van der Waals surface area contributed by atoms with Crippen LogP contribution in [0.4, 0.5) is 5.69 Å². The van der Waals surface area contributed by atoms with Crippen LogP contribution in [0.25, 0.3) is 0 Å². The van der Waals surface area contributed by atoms with E-state index >= 15 is 0 Å². The number of amides is 1. The summed E-state index contributed by atoms with van der Waals surface area (Å²) in [7, 11) is -3.53. The number of nitrogens with zero attached hydrogens (tertiary/aromatic N) is 1. The number of hydrogen-bond donors (Lipinski definition) is 1. The molecule has 1 amide bonds. The zero-order valence-electron chi connectivity index (χ0n) is 14.0. The van der Waals surface area contributed by atoms with Gasteiger partial charge in [0, 0.05) is 19.5 Å². The van der Waals surface area contributed by atoms with Crippen LogP contribution in [-0.2, 0) is 21.2 Å². The van der Waals surface area contributed by atoms with Crippen LogP contribution in [0.1, 0.15) is 12.0 Å². The summed E-state index contributed by atoms with van der Waals surface area (Å²) in [5.41, 5.74) is 1.51. The van der Waals surface area contributed by atoms with E-state index in [1.54, 1.807) is 24.3 Å². The van der Waals surface area contributed by atoms with Gasteiger partial charge in [-0.05, 0) is 24.1 Å². The summed E-state index contributed by atoms with van der Waals surface area (Å²) >= 11 is 6.09. The highest BCUT2D eigenvalue weighted by molar-refractivity contribution is 7.92. The lowest BCUT2D eigenvalue weighted by Crippen LogP contribution is -2.35. The average Bonchev–Trinajstić information content (AvgIpc) is 2.56. The molecule has 134 valence electrons. The minimum Gasteiger partial charge on any atom is -0.356 e. The lowest BCUT2D eigenvalue weighted by atomic mass is 10.1. The summed E-state index contributed by atoms with van der Waals surface area (Å²) in [6, 6.07) is 16.5. The third-order valence-corrected chi connectivity index (χ3v) is 5.14. The van der Waals surface area contributed by atoms with Gasteiger partial charge in [-0.25, -0.2) is 8.42 Å². The highest BCUT2D eigenvalue weighted by Crippen LogP contribution is 2.27. The number of halogens is 1. The maximum atomic E-state index is 12.0. The largest absolute Gasteiger partial charge is 0.356 e. The first-order valence-corrected chi connectivity index (χ1v) is 10.1. The monoisotopic (exact) mass is 380 g/mol. The van der Waals surface area contributed by atoms with Crippen molar-refractivity contribution in [1.82, 2.24) is 5.32 Å². The van der Waals surface area contributed by atoms with E-state index in [1.165, 1.54) is 0 Å². The first kappa shape index (κ1) is 19.3. The average molecular weight is 381 g/mol. The molecule has 7 heteroatoms. The third-order valence-electron chi connectivity index (χ3n) is 3.64. The summed E-state index contributed by atoms with van der Waals surface area (Å²) < 4.78 is 25.2. The molecule has 0 aliphatic carbocycles. The van der Waals surface area contributed by atoms with Crippen molar-refractivity contribution in [2.45, 2.75) is 12.8 Å². The number of benzene rings is 2. The summed E-state index contributed by atoms with van der Waals surface area (Å²) in [4.78, 5) is 12.0. The molecular formula is C18H21ClN2O3S. The molecule has 2 aromatic carbocycles. The predicted molar refractivity (Wildman–Crippen MR) is 101 cm³/mol. The molecule has 1 N–H and O–H groups in total. The minimum atomic E-state index is -3.53. The molecular weight excluding hydrogens is 360 g/mol. The number of hydrogen-bond acceptors (Lipinski definition) is 3. The van der Waals surface area contributed by atoms with Crippen molar-refractivity contribution in [1.29, 1.82) is 0 Å². The molecule has 2 rings (SSSR count). The third kappa shape index (κ3) is 6.07. The highest BCUT2D eigenvalue weighted by atomic mass is 35.5. The lowest BCUT2D eigenvalue weighted by molar-refractivity contribution is -0.120. The van der Waals surface area contributed by atoms with E-state index in [0.29, 0.717) is 17.3 Å². The summed E-state index contributed by atoms with van der Waals surface area (Å²) in [6.45, 7) is 0.549. The molecule has 0 aliphatic heterocycles. The molecule has 0 spiro atoms. The first-order valence-electron chi connectivity index (χ1n) is 7.91. The molecule has 0 atom stereocenters. The quantitative estimate of drug-likeness (QED) is 0.765. The van der Waals surface area contributed by atoms with Crippen LogP contribution in [0.3, 0.4) is 0 Å². The van der Waals surface area contributed by atoms with Gasteiger partial charge in [-0.2, -0.15) is 0 Å². The van der Waals surface area contributed by atoms with E-state index in [9.17, 15) is 13.2 Å². The summed E-state index contributed by atoms with van der Waals surface area (Å²) in [5.74, 6) is -0.198. The van der Waals surface area contributed by atoms with Gasteiger partial charge < -0.3 is 5.32 Å². The Kier molecular flexibility index (Phi) is 6.84. The highest BCUT2D eigenvalue weighted by Gasteiger charge is 2.20. The second kappa shape index (κ2) is 8.87. The maximum absolute atomic E-state index is 12.0. The number of sulfonamides is 1. The maximum Gasteiger partial charge on any atom is 0.232 e. The molecule has 0 saturated carbocycles. The van der Waals surface area contributed by atoms with Crippen LogP contribution >= 0.6 is 11.6 Å². The van der Waals surface area contributed by atoms with Gasteiger partial charge >= 0.3 is 0 Å². The molecule has 2 aromatic rings. The Morgan fingerprint density at radius 3 is 2.36 bits per heavy atom. The molecule has 0 bridgehead atoms. The van der Waals surface area contributed by atoms with Gasteiger partial charge in [0.1, 0.15) is 0 Å². The molecule has 0 saturated heterocycles. The zero-order chi connectivity index (χ0) is 18.3. The van der Waals surface area contributed by atoms with Gasteiger partial charge in [0.2, 0.25) is 15.9 Å². The second-order valence-electron chi connectivity index (χ2n) is 5.62. The fourth-order valence-electron chi connectivity index (χ4n) is 2.40. The minimum absolute atomic E-state index is 0.0414. The Labute approximate surface area is 153 Å². The second-order valence-corrected chi connectivity index (χ2v) is 7.94. The Morgan fingerprint density at radius 1 is 1.08 bits per heavy atom. The molecule has 0 fully saturated rings. The normalized spacial score (nSPS) is 11.1. The van der Waals surface area contributed by atoms with E-state index in [1.807, 2.05) is 30.3 Å². The Hall–Kier alpha value is -2.05. The van der Waals surface area contributed by atoms with Crippen molar-refractivity contribution >= 4 is 33.2 Å². The molecule has 0 unspecified atom stereocenters.